The summed E-state index contributed by atoms with van der Waals surface area (Å²) in [5.74, 6) is 8.00. The molecule has 0 aliphatic heterocycles. The van der Waals surface area contributed by atoms with Gasteiger partial charge < -0.3 is 0 Å². The molecule has 1 rings (SSSR count). The second-order valence-electron chi connectivity index (χ2n) is 2.04. The van der Waals surface area contributed by atoms with Gasteiger partial charge in [-0.2, -0.15) is 8.42 Å². The second-order valence-corrected chi connectivity index (χ2v) is 4.24. The molecule has 0 spiro atoms. The van der Waals surface area contributed by atoms with Crippen LogP contribution < -0.4 is 11.7 Å². The fourth-order valence-corrected chi connectivity index (χ4v) is 1.39. The van der Waals surface area contributed by atoms with E-state index in [-0.39, 0.29) is 0 Å². The van der Waals surface area contributed by atoms with E-state index in [1.807, 2.05) is 0 Å². The first-order chi connectivity index (χ1) is 7.18. The minimum absolute atomic E-state index is 0.563. The van der Waals surface area contributed by atoms with E-state index in [1.54, 1.807) is 18.2 Å². The van der Waals surface area contributed by atoms with Gasteiger partial charge in [-0.25, -0.2) is 0 Å². The molecule has 10 heteroatoms. The number of nitrogens with two attached hydrogens (primary N) is 2. The molecule has 94 valence electrons. The van der Waals surface area contributed by atoms with Gasteiger partial charge in [0.2, 0.25) is 0 Å². The van der Waals surface area contributed by atoms with Crippen LogP contribution in [-0.4, -0.2) is 17.5 Å². The number of hydrogen-bond acceptors (Lipinski definition) is 4. The van der Waals surface area contributed by atoms with Crippen molar-refractivity contribution in [3.63, 3.8) is 0 Å². The number of hydrazine groups is 1. The topological polar surface area (TPSA) is 127 Å². The molecule has 0 atom stereocenters. The summed E-state index contributed by atoms with van der Waals surface area (Å²) in [6, 6.07) is 4.90. The Morgan fingerprint density at radius 2 is 1.00 bits per heavy atom. The molecule has 0 radical (unpaired) electrons. The van der Waals surface area contributed by atoms with Crippen LogP contribution in [0.5, 0.6) is 0 Å². The summed E-state index contributed by atoms with van der Waals surface area (Å²) in [5, 5.41) is 1.69. The first kappa shape index (κ1) is 18.3. The Balaban J connectivity index is 0. The largest absolute Gasteiger partial charge is 0.394 e. The van der Waals surface area contributed by atoms with Gasteiger partial charge in [0, 0.05) is 15.1 Å². The van der Waals surface area contributed by atoms with Gasteiger partial charge in [-0.15, -0.1) is 0 Å². The molecule has 0 bridgehead atoms. The van der Waals surface area contributed by atoms with E-state index in [0.717, 1.165) is 0 Å². The Morgan fingerprint density at radius 1 is 0.875 bits per heavy atom. The van der Waals surface area contributed by atoms with Gasteiger partial charge in [-0.05, 0) is 18.2 Å². The quantitative estimate of drug-likeness (QED) is 0.329. The third-order valence-corrected chi connectivity index (χ3v) is 1.48. The molecule has 1 aromatic rings. The lowest BCUT2D eigenvalue weighted by Crippen LogP contribution is -2.02. The summed E-state index contributed by atoms with van der Waals surface area (Å²) in [7, 11) is -4.67. The highest BCUT2D eigenvalue weighted by molar-refractivity contribution is 7.79. The number of benzene rings is 1. The average Bonchev–Trinajstić information content (AvgIpc) is 2.01. The van der Waals surface area contributed by atoms with Crippen molar-refractivity contribution in [2.75, 3.05) is 0 Å². The maximum absolute atomic E-state index is 8.74. The molecule has 6 nitrogen and oxygen atoms in total. The monoisotopic (exact) mass is 310 g/mol. The van der Waals surface area contributed by atoms with Crippen LogP contribution in [0.25, 0.3) is 0 Å². The van der Waals surface area contributed by atoms with Crippen LogP contribution in [0.2, 0.25) is 15.1 Å². The fourth-order valence-electron chi connectivity index (χ4n) is 0.520. The van der Waals surface area contributed by atoms with Crippen LogP contribution in [0.15, 0.2) is 18.2 Å². The van der Waals surface area contributed by atoms with E-state index in [4.69, 9.17) is 52.3 Å². The predicted octanol–water partition coefficient (Wildman–Crippen LogP) is 1.81. The Bertz CT molecular complexity index is 354. The molecule has 0 saturated carbocycles. The molecular weight excluding hydrogens is 303 g/mol. The molecular formula is C6H9Cl3N2O4S. The highest BCUT2D eigenvalue weighted by Gasteiger charge is 1.92. The Kier molecular flexibility index (Phi) is 10.2. The van der Waals surface area contributed by atoms with Gasteiger partial charge >= 0.3 is 10.4 Å². The maximum Gasteiger partial charge on any atom is 0.394 e. The molecule has 0 aromatic heterocycles. The third-order valence-electron chi connectivity index (χ3n) is 0.827. The molecule has 0 unspecified atom stereocenters. The minimum atomic E-state index is -4.67. The number of hydrogen-bond donors (Lipinski definition) is 4. The van der Waals surface area contributed by atoms with Gasteiger partial charge in [-0.3, -0.25) is 20.8 Å². The van der Waals surface area contributed by atoms with Crippen molar-refractivity contribution in [3.05, 3.63) is 33.3 Å². The summed E-state index contributed by atoms with van der Waals surface area (Å²) in [5.41, 5.74) is 0. The lowest BCUT2D eigenvalue weighted by Gasteiger charge is -1.91. The molecule has 16 heavy (non-hydrogen) atoms. The molecule has 0 fully saturated rings. The van der Waals surface area contributed by atoms with Crippen LogP contribution in [0.4, 0.5) is 0 Å². The van der Waals surface area contributed by atoms with Crippen molar-refractivity contribution >= 4 is 45.2 Å². The van der Waals surface area contributed by atoms with Crippen molar-refractivity contribution in [2.24, 2.45) is 11.7 Å². The van der Waals surface area contributed by atoms with E-state index in [0.29, 0.717) is 15.1 Å². The summed E-state index contributed by atoms with van der Waals surface area (Å²) >= 11 is 16.7. The van der Waals surface area contributed by atoms with Crippen LogP contribution in [0.1, 0.15) is 0 Å². The predicted molar refractivity (Wildman–Crippen MR) is 64.0 cm³/mol. The van der Waals surface area contributed by atoms with Crippen LogP contribution >= 0.6 is 34.8 Å². The van der Waals surface area contributed by atoms with Crippen molar-refractivity contribution in [1.82, 2.24) is 0 Å². The Hall–Kier alpha value is -0.120. The van der Waals surface area contributed by atoms with Gasteiger partial charge in [0.15, 0.2) is 0 Å². The molecule has 1 aromatic carbocycles. The second kappa shape index (κ2) is 8.97. The SMILES string of the molecule is Clc1cc(Cl)cc(Cl)c1.NN.O=S(=O)(O)O. The zero-order valence-corrected chi connectivity index (χ0v) is 10.7. The highest BCUT2D eigenvalue weighted by Crippen LogP contribution is 2.21. The van der Waals surface area contributed by atoms with Crippen LogP contribution in [-0.2, 0) is 10.4 Å². The molecule has 0 aliphatic rings. The zero-order chi connectivity index (χ0) is 13.4. The molecule has 0 saturated heterocycles. The molecule has 0 amide bonds. The molecule has 0 heterocycles. The molecule has 0 aliphatic carbocycles. The van der Waals surface area contributed by atoms with Crippen molar-refractivity contribution in [1.29, 1.82) is 0 Å². The zero-order valence-electron chi connectivity index (χ0n) is 7.64. The minimum Gasteiger partial charge on any atom is -0.274 e. The smallest absolute Gasteiger partial charge is 0.274 e. The van der Waals surface area contributed by atoms with E-state index in [9.17, 15) is 0 Å². The third kappa shape index (κ3) is 16.3. The number of halogens is 3. The molecule has 6 N–H and O–H groups in total. The van der Waals surface area contributed by atoms with Crippen LogP contribution in [0.3, 0.4) is 0 Å². The lowest BCUT2D eigenvalue weighted by molar-refractivity contribution is 0.381. The van der Waals surface area contributed by atoms with E-state index >= 15 is 0 Å². The lowest BCUT2D eigenvalue weighted by atomic mass is 10.4. The fraction of sp³-hybridized carbons (Fsp3) is 0. The maximum atomic E-state index is 8.74. The first-order valence-electron chi connectivity index (χ1n) is 3.33. The van der Waals surface area contributed by atoms with Gasteiger partial charge in [-0.1, -0.05) is 34.8 Å². The van der Waals surface area contributed by atoms with Crippen molar-refractivity contribution in [3.8, 4) is 0 Å². The number of rotatable bonds is 0. The van der Waals surface area contributed by atoms with E-state index in [1.165, 1.54) is 0 Å². The van der Waals surface area contributed by atoms with Gasteiger partial charge in [0.1, 0.15) is 0 Å². The summed E-state index contributed by atoms with van der Waals surface area (Å²) in [6.45, 7) is 0. The van der Waals surface area contributed by atoms with Crippen molar-refractivity contribution in [2.45, 2.75) is 0 Å². The Morgan fingerprint density at radius 3 is 1.12 bits per heavy atom. The van der Waals surface area contributed by atoms with E-state index < -0.39 is 10.4 Å². The normalized spacial score (nSPS) is 9.44. The van der Waals surface area contributed by atoms with Gasteiger partial charge in [0.25, 0.3) is 0 Å². The summed E-state index contributed by atoms with van der Waals surface area (Å²) < 4.78 is 31.6. The standard InChI is InChI=1S/C6H3Cl3.H4N2.H2O4S/c7-4-1-5(8)3-6(9)2-4;1-2;1-5(2,3)4/h1-3H;1-2H2;(H2,1,2,3,4). The van der Waals surface area contributed by atoms with E-state index in [2.05, 4.69) is 11.7 Å². The van der Waals surface area contributed by atoms with Gasteiger partial charge in [0.05, 0.1) is 0 Å². The highest BCUT2D eigenvalue weighted by atomic mass is 35.5. The first-order valence-corrected chi connectivity index (χ1v) is 5.86. The summed E-state index contributed by atoms with van der Waals surface area (Å²) in [4.78, 5) is 0. The average molecular weight is 312 g/mol. The van der Waals surface area contributed by atoms with Crippen molar-refractivity contribution < 1.29 is 17.5 Å². The summed E-state index contributed by atoms with van der Waals surface area (Å²) in [6.07, 6.45) is 0. The Labute approximate surface area is 108 Å². The van der Waals surface area contributed by atoms with Crippen LogP contribution in [0, 0.1) is 0 Å².